The zero-order valence-corrected chi connectivity index (χ0v) is 11.1. The summed E-state index contributed by atoms with van der Waals surface area (Å²) in [5.41, 5.74) is 1.63. The van der Waals surface area contributed by atoms with Crippen molar-refractivity contribution in [1.82, 2.24) is 0 Å². The fraction of sp³-hybridized carbons (Fsp3) is 0.111. The minimum atomic E-state index is -0.939. The highest BCUT2D eigenvalue weighted by molar-refractivity contribution is 6.09. The average Bonchev–Trinajstić information content (AvgIpc) is 3.32. The summed E-state index contributed by atoms with van der Waals surface area (Å²) in [6.45, 7) is 0. The van der Waals surface area contributed by atoms with Crippen LogP contribution in [-0.2, 0) is 4.74 Å². The van der Waals surface area contributed by atoms with Crippen LogP contribution in [-0.4, -0.2) is 16.3 Å². The van der Waals surface area contributed by atoms with Crippen molar-refractivity contribution in [1.29, 1.82) is 0 Å². The maximum atomic E-state index is 10.2. The molecule has 1 aliphatic heterocycles. The normalized spacial score (nSPS) is 23.0. The van der Waals surface area contributed by atoms with E-state index in [1.165, 1.54) is 10.8 Å². The number of benzene rings is 3. The van der Waals surface area contributed by atoms with Gasteiger partial charge in [0.05, 0.1) is 0 Å². The Bertz CT molecular complexity index is 955. The summed E-state index contributed by atoms with van der Waals surface area (Å²) in [6.07, 6.45) is -1.86. The molecule has 1 heterocycles. The molecule has 2 atom stereocenters. The largest absolute Gasteiger partial charge is 0.451 e. The van der Waals surface area contributed by atoms with Gasteiger partial charge >= 0.3 is 0 Å². The molecule has 0 aromatic heterocycles. The maximum Gasteiger partial charge on any atom is 0.179 e. The van der Waals surface area contributed by atoms with Crippen molar-refractivity contribution in [2.45, 2.75) is 12.2 Å². The van der Waals surface area contributed by atoms with Crippen molar-refractivity contribution >= 4 is 27.3 Å². The predicted molar refractivity (Wildman–Crippen MR) is 80.4 cm³/mol. The van der Waals surface area contributed by atoms with Crippen LogP contribution in [0.5, 0.6) is 0 Å². The number of aliphatic hydroxyl groups excluding tert-OH is 2. The molecule has 1 aliphatic carbocycles. The standard InChI is InChI=1S/C18H12O3/c19-15-13-7-10-6-5-9-3-1-2-4-11(9)12(10)8-14(13)17-18(21-17)16(15)20/h1-8,15-16,19-20H. The fourth-order valence-corrected chi connectivity index (χ4v) is 3.29. The molecule has 0 fully saturated rings. The van der Waals surface area contributed by atoms with E-state index >= 15 is 0 Å². The monoisotopic (exact) mass is 276 g/mol. The molecule has 102 valence electrons. The Morgan fingerprint density at radius 3 is 2.52 bits per heavy atom. The number of rotatable bonds is 0. The van der Waals surface area contributed by atoms with Crippen LogP contribution in [0.1, 0.15) is 17.2 Å². The molecule has 21 heavy (non-hydrogen) atoms. The molecule has 3 aromatic rings. The summed E-state index contributed by atoms with van der Waals surface area (Å²) in [5, 5.41) is 24.7. The lowest BCUT2D eigenvalue weighted by molar-refractivity contribution is 0.0325. The molecule has 3 heteroatoms. The van der Waals surface area contributed by atoms with Crippen LogP contribution < -0.4 is 0 Å². The number of fused-ring (bicyclic) bond motifs is 5. The SMILES string of the molecule is OC1C2=C(O2)c2cc3c(ccc4ccccc43)cc2C1O. The van der Waals surface area contributed by atoms with Gasteiger partial charge in [0, 0.05) is 5.56 Å². The van der Waals surface area contributed by atoms with E-state index in [1.54, 1.807) is 0 Å². The van der Waals surface area contributed by atoms with Crippen LogP contribution in [0.15, 0.2) is 54.3 Å². The van der Waals surface area contributed by atoms with Crippen molar-refractivity contribution in [3.63, 3.8) is 0 Å². The third kappa shape index (κ3) is 1.39. The van der Waals surface area contributed by atoms with Gasteiger partial charge < -0.3 is 14.9 Å². The minimum absolute atomic E-state index is 0.509. The van der Waals surface area contributed by atoms with Crippen LogP contribution in [0.25, 0.3) is 27.3 Å². The third-order valence-electron chi connectivity index (χ3n) is 4.44. The van der Waals surface area contributed by atoms with Gasteiger partial charge in [0.15, 0.2) is 11.5 Å². The van der Waals surface area contributed by atoms with Crippen LogP contribution >= 0.6 is 0 Å². The van der Waals surface area contributed by atoms with E-state index < -0.39 is 12.2 Å². The summed E-state index contributed by atoms with van der Waals surface area (Å²) >= 11 is 0. The van der Waals surface area contributed by atoms with Crippen LogP contribution in [0, 0.1) is 0 Å². The lowest BCUT2D eigenvalue weighted by Gasteiger charge is -2.19. The van der Waals surface area contributed by atoms with E-state index in [0.29, 0.717) is 5.76 Å². The number of hydrogen-bond acceptors (Lipinski definition) is 3. The number of hydrogen-bond donors (Lipinski definition) is 2. The molecule has 3 nitrogen and oxygen atoms in total. The molecule has 0 bridgehead atoms. The van der Waals surface area contributed by atoms with Crippen LogP contribution in [0.4, 0.5) is 0 Å². The van der Waals surface area contributed by atoms with Crippen LogP contribution in [0.3, 0.4) is 0 Å². The predicted octanol–water partition coefficient (Wildman–Crippen LogP) is 3.10. The molecule has 5 rings (SSSR count). The highest BCUT2D eigenvalue weighted by Crippen LogP contribution is 2.50. The first kappa shape index (κ1) is 11.3. The highest BCUT2D eigenvalue weighted by atomic mass is 16.6. The first-order valence-corrected chi connectivity index (χ1v) is 6.98. The van der Waals surface area contributed by atoms with Gasteiger partial charge in [-0.15, -0.1) is 0 Å². The molecule has 0 radical (unpaired) electrons. The summed E-state index contributed by atoms with van der Waals surface area (Å²) in [5.74, 6) is 1.23. The molecule has 0 amide bonds. The lowest BCUT2D eigenvalue weighted by Crippen LogP contribution is -2.20. The van der Waals surface area contributed by atoms with E-state index in [2.05, 4.69) is 30.3 Å². The van der Waals surface area contributed by atoms with Gasteiger partial charge in [-0.2, -0.15) is 0 Å². The van der Waals surface area contributed by atoms with Gasteiger partial charge in [0.25, 0.3) is 0 Å². The minimum Gasteiger partial charge on any atom is -0.451 e. The molecular formula is C18H12O3. The van der Waals surface area contributed by atoms with Crippen molar-refractivity contribution in [2.75, 3.05) is 0 Å². The average molecular weight is 276 g/mol. The van der Waals surface area contributed by atoms with Gasteiger partial charge in [-0.05, 0) is 39.2 Å². The van der Waals surface area contributed by atoms with Crippen molar-refractivity contribution in [2.24, 2.45) is 0 Å². The van der Waals surface area contributed by atoms with Gasteiger partial charge in [0.1, 0.15) is 12.2 Å². The second-order valence-corrected chi connectivity index (χ2v) is 5.63. The van der Waals surface area contributed by atoms with Gasteiger partial charge in [-0.25, -0.2) is 0 Å². The Kier molecular flexibility index (Phi) is 1.96. The zero-order valence-electron chi connectivity index (χ0n) is 11.1. The maximum absolute atomic E-state index is 10.2. The Hall–Kier alpha value is -2.36. The smallest absolute Gasteiger partial charge is 0.179 e. The quantitative estimate of drug-likeness (QED) is 0.620. The van der Waals surface area contributed by atoms with E-state index in [0.717, 1.165) is 27.7 Å². The number of ether oxygens (including phenoxy) is 1. The Balaban J connectivity index is 1.90. The molecule has 2 unspecified atom stereocenters. The van der Waals surface area contributed by atoms with Crippen LogP contribution in [0.2, 0.25) is 0 Å². The van der Waals surface area contributed by atoms with E-state index in [1.807, 2.05) is 18.2 Å². The Labute approximate surface area is 120 Å². The molecular weight excluding hydrogens is 264 g/mol. The summed E-state index contributed by atoms with van der Waals surface area (Å²) in [6, 6.07) is 16.4. The van der Waals surface area contributed by atoms with E-state index in [-0.39, 0.29) is 0 Å². The second kappa shape index (κ2) is 3.64. The van der Waals surface area contributed by atoms with E-state index in [4.69, 9.17) is 4.74 Å². The Morgan fingerprint density at radius 2 is 1.62 bits per heavy atom. The van der Waals surface area contributed by atoms with Crippen molar-refractivity contribution < 1.29 is 14.9 Å². The second-order valence-electron chi connectivity index (χ2n) is 5.63. The van der Waals surface area contributed by atoms with E-state index in [9.17, 15) is 10.2 Å². The van der Waals surface area contributed by atoms with Gasteiger partial charge in [0.2, 0.25) is 0 Å². The zero-order chi connectivity index (χ0) is 14.1. The summed E-state index contributed by atoms with van der Waals surface area (Å²) in [4.78, 5) is 0. The van der Waals surface area contributed by atoms with Crippen molar-refractivity contribution in [3.8, 4) is 0 Å². The lowest BCUT2D eigenvalue weighted by atomic mass is 9.89. The topological polar surface area (TPSA) is 53.0 Å². The molecule has 0 saturated carbocycles. The van der Waals surface area contributed by atoms with Gasteiger partial charge in [-0.3, -0.25) is 0 Å². The summed E-state index contributed by atoms with van der Waals surface area (Å²) < 4.78 is 5.37. The molecule has 0 saturated heterocycles. The molecule has 2 N–H and O–H groups in total. The molecule has 3 aromatic carbocycles. The number of aliphatic hydroxyl groups is 2. The highest BCUT2D eigenvalue weighted by Gasteiger charge is 2.44. The third-order valence-corrected chi connectivity index (χ3v) is 4.44. The molecule has 2 aliphatic rings. The molecule has 0 spiro atoms. The Morgan fingerprint density at radius 1 is 0.810 bits per heavy atom. The van der Waals surface area contributed by atoms with Crippen molar-refractivity contribution in [3.05, 3.63) is 65.4 Å². The summed E-state index contributed by atoms with van der Waals surface area (Å²) in [7, 11) is 0. The fourth-order valence-electron chi connectivity index (χ4n) is 3.29. The first-order chi connectivity index (χ1) is 10.2. The van der Waals surface area contributed by atoms with Gasteiger partial charge in [-0.1, -0.05) is 36.4 Å². The first-order valence-electron chi connectivity index (χ1n) is 6.98.